The lowest BCUT2D eigenvalue weighted by Gasteiger charge is -2.26. The highest BCUT2D eigenvalue weighted by atomic mass is 19.4. The van der Waals surface area contributed by atoms with Gasteiger partial charge < -0.3 is 9.26 Å². The number of aromatic nitrogens is 2. The second kappa shape index (κ2) is 8.28. The van der Waals surface area contributed by atoms with E-state index in [1.54, 1.807) is 26.8 Å². The zero-order chi connectivity index (χ0) is 22.1. The van der Waals surface area contributed by atoms with Crippen molar-refractivity contribution in [3.63, 3.8) is 0 Å². The predicted octanol–water partition coefficient (Wildman–Crippen LogP) is 5.78. The summed E-state index contributed by atoms with van der Waals surface area (Å²) in [6.07, 6.45) is -2.65. The summed E-state index contributed by atoms with van der Waals surface area (Å²) in [7, 11) is 0. The molecule has 0 aliphatic carbocycles. The van der Waals surface area contributed by atoms with Gasteiger partial charge in [0.05, 0.1) is 5.56 Å². The largest absolute Gasteiger partial charge is 0.444 e. The minimum absolute atomic E-state index is 0.0644. The summed E-state index contributed by atoms with van der Waals surface area (Å²) >= 11 is 0. The van der Waals surface area contributed by atoms with Crippen molar-refractivity contribution < 1.29 is 27.2 Å². The normalized spacial score (nSPS) is 17.4. The number of nitrogens with zero attached hydrogens (tertiary/aromatic N) is 3. The fourth-order valence-corrected chi connectivity index (χ4v) is 3.52. The molecule has 164 valence electrons. The molecule has 3 rings (SSSR count). The molecule has 1 aromatic heterocycles. The average molecular weight is 425 g/mol. The van der Waals surface area contributed by atoms with Crippen LogP contribution in [0.4, 0.5) is 18.0 Å². The zero-order valence-corrected chi connectivity index (χ0v) is 17.5. The molecule has 2 aromatic rings. The van der Waals surface area contributed by atoms with Gasteiger partial charge in [-0.15, -0.1) is 0 Å². The Balaban J connectivity index is 1.86. The first kappa shape index (κ1) is 22.1. The highest BCUT2D eigenvalue weighted by Gasteiger charge is 2.37. The third kappa shape index (κ3) is 4.94. The second-order valence-corrected chi connectivity index (χ2v) is 8.41. The number of carbonyl (C=O) groups is 1. The number of rotatable bonds is 4. The fourth-order valence-electron chi connectivity index (χ4n) is 3.52. The Labute approximate surface area is 173 Å². The summed E-state index contributed by atoms with van der Waals surface area (Å²) in [5, 5.41) is 3.87. The van der Waals surface area contributed by atoms with Gasteiger partial charge in [-0.1, -0.05) is 30.6 Å². The molecule has 6 nitrogen and oxygen atoms in total. The van der Waals surface area contributed by atoms with Crippen molar-refractivity contribution >= 4 is 6.09 Å². The molecule has 0 unspecified atom stereocenters. The highest BCUT2D eigenvalue weighted by Crippen LogP contribution is 2.36. The van der Waals surface area contributed by atoms with Crippen LogP contribution in [0.2, 0.25) is 0 Å². The van der Waals surface area contributed by atoms with Crippen LogP contribution in [-0.2, 0) is 17.3 Å². The van der Waals surface area contributed by atoms with E-state index in [2.05, 4.69) is 10.1 Å². The van der Waals surface area contributed by atoms with Crippen molar-refractivity contribution in [2.45, 2.75) is 71.2 Å². The number of likely N-dealkylation sites (tertiary alicyclic amines) is 1. The topological polar surface area (TPSA) is 68.5 Å². The van der Waals surface area contributed by atoms with E-state index in [9.17, 15) is 18.0 Å². The number of alkyl halides is 3. The smallest absolute Gasteiger partial charge is 0.416 e. The number of carbonyl (C=O) groups excluding carboxylic acids is 1. The lowest BCUT2D eigenvalue weighted by Crippen LogP contribution is -2.36. The number of ether oxygens (including phenoxy) is 1. The number of hydrogen-bond acceptors (Lipinski definition) is 5. The molecular formula is C21H26F3N3O3. The molecule has 0 bridgehead atoms. The maximum Gasteiger partial charge on any atom is 0.416 e. The SMILES string of the molecule is CCCc1ccc(-c2noc([C@@H]3CCCN3C(=O)OC(C)(C)C)n2)cc1C(F)(F)F. The van der Waals surface area contributed by atoms with Crippen molar-refractivity contribution in [3.8, 4) is 11.4 Å². The van der Waals surface area contributed by atoms with Gasteiger partial charge in [-0.3, -0.25) is 4.90 Å². The van der Waals surface area contributed by atoms with Gasteiger partial charge in [0, 0.05) is 12.1 Å². The first-order valence-corrected chi connectivity index (χ1v) is 10.0. The van der Waals surface area contributed by atoms with Crippen LogP contribution in [0.5, 0.6) is 0 Å². The third-order valence-corrected chi connectivity index (χ3v) is 4.80. The van der Waals surface area contributed by atoms with Crippen molar-refractivity contribution in [2.24, 2.45) is 0 Å². The number of halogens is 3. The Hall–Kier alpha value is -2.58. The summed E-state index contributed by atoms with van der Waals surface area (Å²) in [6.45, 7) is 7.66. The van der Waals surface area contributed by atoms with Gasteiger partial charge in [-0.2, -0.15) is 18.2 Å². The average Bonchev–Trinajstić information content (AvgIpc) is 3.29. The van der Waals surface area contributed by atoms with Gasteiger partial charge in [0.15, 0.2) is 0 Å². The van der Waals surface area contributed by atoms with Crippen molar-refractivity contribution in [3.05, 3.63) is 35.2 Å². The quantitative estimate of drug-likeness (QED) is 0.621. The summed E-state index contributed by atoms with van der Waals surface area (Å²) in [5.74, 6) is 0.258. The van der Waals surface area contributed by atoms with Crippen molar-refractivity contribution in [1.29, 1.82) is 0 Å². The Morgan fingerprint density at radius 1 is 1.30 bits per heavy atom. The second-order valence-electron chi connectivity index (χ2n) is 8.41. The van der Waals surface area contributed by atoms with E-state index >= 15 is 0 Å². The van der Waals surface area contributed by atoms with Gasteiger partial charge in [0.2, 0.25) is 11.7 Å². The maximum atomic E-state index is 13.5. The molecule has 0 spiro atoms. The molecule has 2 heterocycles. The first-order chi connectivity index (χ1) is 14.0. The van der Waals surface area contributed by atoms with Crippen LogP contribution >= 0.6 is 0 Å². The van der Waals surface area contributed by atoms with E-state index in [1.165, 1.54) is 11.0 Å². The summed E-state index contributed by atoms with van der Waals surface area (Å²) in [4.78, 5) is 18.3. The van der Waals surface area contributed by atoms with Crippen LogP contribution in [0, 0.1) is 0 Å². The van der Waals surface area contributed by atoms with E-state index in [-0.39, 0.29) is 22.8 Å². The van der Waals surface area contributed by atoms with E-state index in [0.29, 0.717) is 25.8 Å². The Bertz CT molecular complexity index is 903. The summed E-state index contributed by atoms with van der Waals surface area (Å²) in [6, 6.07) is 3.62. The van der Waals surface area contributed by atoms with Crippen LogP contribution < -0.4 is 0 Å². The van der Waals surface area contributed by atoms with E-state index in [0.717, 1.165) is 12.5 Å². The van der Waals surface area contributed by atoms with Gasteiger partial charge >= 0.3 is 12.3 Å². The van der Waals surface area contributed by atoms with Crippen molar-refractivity contribution in [1.82, 2.24) is 15.0 Å². The predicted molar refractivity (Wildman–Crippen MR) is 104 cm³/mol. The molecule has 0 radical (unpaired) electrons. The van der Waals surface area contributed by atoms with E-state index in [4.69, 9.17) is 9.26 Å². The van der Waals surface area contributed by atoms with Gasteiger partial charge in [0.25, 0.3) is 0 Å². The zero-order valence-electron chi connectivity index (χ0n) is 17.5. The standard InChI is InChI=1S/C21H26F3N3O3/c1-5-7-13-9-10-14(12-15(13)21(22,23)24)17-25-18(30-26-17)16-8-6-11-27(16)19(28)29-20(2,3)4/h9-10,12,16H,5-8,11H2,1-4H3/t16-/m0/s1. The Morgan fingerprint density at radius 2 is 2.03 bits per heavy atom. The molecule has 1 aliphatic rings. The molecular weight excluding hydrogens is 399 g/mol. The molecule has 1 aliphatic heterocycles. The molecule has 0 N–H and O–H groups in total. The Morgan fingerprint density at radius 3 is 2.67 bits per heavy atom. The summed E-state index contributed by atoms with van der Waals surface area (Å²) < 4.78 is 51.2. The van der Waals surface area contributed by atoms with Gasteiger partial charge in [0.1, 0.15) is 11.6 Å². The minimum atomic E-state index is -4.47. The molecule has 9 heteroatoms. The number of amides is 1. The van der Waals surface area contributed by atoms with Gasteiger partial charge in [-0.05, 0) is 51.7 Å². The van der Waals surface area contributed by atoms with Crippen LogP contribution in [0.25, 0.3) is 11.4 Å². The maximum absolute atomic E-state index is 13.5. The fraction of sp³-hybridized carbons (Fsp3) is 0.571. The molecule has 1 saturated heterocycles. The van der Waals surface area contributed by atoms with E-state index < -0.39 is 29.5 Å². The highest BCUT2D eigenvalue weighted by molar-refractivity contribution is 5.69. The Kier molecular flexibility index (Phi) is 6.10. The van der Waals surface area contributed by atoms with Crippen molar-refractivity contribution in [2.75, 3.05) is 6.54 Å². The first-order valence-electron chi connectivity index (χ1n) is 10.0. The van der Waals surface area contributed by atoms with Gasteiger partial charge in [-0.25, -0.2) is 4.79 Å². The van der Waals surface area contributed by atoms with Crippen LogP contribution in [0.15, 0.2) is 22.7 Å². The van der Waals surface area contributed by atoms with Crippen LogP contribution in [0.1, 0.15) is 70.0 Å². The minimum Gasteiger partial charge on any atom is -0.444 e. The number of hydrogen-bond donors (Lipinski definition) is 0. The molecule has 0 saturated carbocycles. The molecule has 1 fully saturated rings. The van der Waals surface area contributed by atoms with Crippen LogP contribution in [0.3, 0.4) is 0 Å². The molecule has 1 amide bonds. The summed E-state index contributed by atoms with van der Waals surface area (Å²) in [5.41, 5.74) is -0.869. The number of aryl methyl sites for hydroxylation is 1. The van der Waals surface area contributed by atoms with E-state index in [1.807, 2.05) is 6.92 Å². The van der Waals surface area contributed by atoms with Crippen LogP contribution in [-0.4, -0.2) is 33.3 Å². The lowest BCUT2D eigenvalue weighted by atomic mass is 9.99. The molecule has 1 atom stereocenters. The lowest BCUT2D eigenvalue weighted by molar-refractivity contribution is -0.138. The molecule has 30 heavy (non-hydrogen) atoms. The number of benzene rings is 1. The molecule has 1 aromatic carbocycles. The monoisotopic (exact) mass is 425 g/mol. The third-order valence-electron chi connectivity index (χ3n) is 4.80.